The topological polar surface area (TPSA) is 92.5 Å². The third kappa shape index (κ3) is 4.55. The molecule has 2 aromatic rings. The number of amides is 1. The molecule has 6 nitrogen and oxygen atoms in total. The maximum atomic E-state index is 12.0. The van der Waals surface area contributed by atoms with Crippen molar-refractivity contribution < 1.29 is 14.8 Å². The highest BCUT2D eigenvalue weighted by molar-refractivity contribution is 5.76. The maximum Gasteiger partial charge on any atom is 0.270 e. The lowest BCUT2D eigenvalue weighted by atomic mass is 10.0. The zero-order chi connectivity index (χ0) is 17.7. The van der Waals surface area contributed by atoms with Gasteiger partial charge in [-0.25, -0.2) is 0 Å². The van der Waals surface area contributed by atoms with Crippen LogP contribution < -0.4 is 5.32 Å². The number of hydrogen-bond donors (Lipinski definition) is 2. The Bertz CT molecular complexity index is 772. The third-order valence-corrected chi connectivity index (χ3v) is 3.87. The molecule has 2 aromatic carbocycles. The van der Waals surface area contributed by atoms with E-state index in [1.54, 1.807) is 0 Å². The van der Waals surface area contributed by atoms with Crippen molar-refractivity contribution in [2.45, 2.75) is 33.2 Å². The molecule has 0 spiro atoms. The number of hydrogen-bond acceptors (Lipinski definition) is 4. The lowest BCUT2D eigenvalue weighted by molar-refractivity contribution is -0.384. The molecule has 24 heavy (non-hydrogen) atoms. The standard InChI is InChI=1S/C18H20N2O4/c1-12-3-4-14(13(2)9-12)5-8-18(22)19-11-15-10-16(20(23)24)6-7-17(15)21/h3-4,6-7,9-10,21H,5,8,11H2,1-2H3,(H,19,22). The molecule has 0 radical (unpaired) electrons. The van der Waals surface area contributed by atoms with Gasteiger partial charge in [0.2, 0.25) is 5.91 Å². The summed E-state index contributed by atoms with van der Waals surface area (Å²) in [6.07, 6.45) is 0.943. The summed E-state index contributed by atoms with van der Waals surface area (Å²) in [5.41, 5.74) is 3.66. The molecule has 0 unspecified atom stereocenters. The highest BCUT2D eigenvalue weighted by Gasteiger charge is 2.11. The van der Waals surface area contributed by atoms with E-state index in [-0.39, 0.29) is 23.9 Å². The normalized spacial score (nSPS) is 10.4. The molecule has 2 N–H and O–H groups in total. The largest absolute Gasteiger partial charge is 0.508 e. The molecular weight excluding hydrogens is 308 g/mol. The maximum absolute atomic E-state index is 12.0. The van der Waals surface area contributed by atoms with Crippen LogP contribution in [0.25, 0.3) is 0 Å². The lowest BCUT2D eigenvalue weighted by Crippen LogP contribution is -2.23. The second kappa shape index (κ2) is 7.59. The van der Waals surface area contributed by atoms with Crippen molar-refractivity contribution in [3.8, 4) is 5.75 Å². The van der Waals surface area contributed by atoms with Crippen molar-refractivity contribution >= 4 is 11.6 Å². The Labute approximate surface area is 140 Å². The van der Waals surface area contributed by atoms with Gasteiger partial charge in [-0.15, -0.1) is 0 Å². The Kier molecular flexibility index (Phi) is 5.52. The zero-order valence-electron chi connectivity index (χ0n) is 13.7. The van der Waals surface area contributed by atoms with Crippen LogP contribution in [0, 0.1) is 24.0 Å². The van der Waals surface area contributed by atoms with E-state index >= 15 is 0 Å². The van der Waals surface area contributed by atoms with Crippen LogP contribution in [-0.2, 0) is 17.8 Å². The van der Waals surface area contributed by atoms with E-state index in [9.17, 15) is 20.0 Å². The fraction of sp³-hybridized carbons (Fsp3) is 0.278. The predicted octanol–water partition coefficient (Wildman–Crippen LogP) is 3.17. The van der Waals surface area contributed by atoms with Gasteiger partial charge in [0.05, 0.1) is 4.92 Å². The van der Waals surface area contributed by atoms with Crippen molar-refractivity contribution in [3.63, 3.8) is 0 Å². The summed E-state index contributed by atoms with van der Waals surface area (Å²) in [4.78, 5) is 22.2. The van der Waals surface area contributed by atoms with Gasteiger partial charge < -0.3 is 10.4 Å². The number of benzene rings is 2. The monoisotopic (exact) mass is 328 g/mol. The second-order valence-electron chi connectivity index (χ2n) is 5.78. The van der Waals surface area contributed by atoms with E-state index in [1.165, 1.54) is 23.8 Å². The number of nitro groups is 1. The van der Waals surface area contributed by atoms with E-state index in [4.69, 9.17) is 0 Å². The molecule has 0 aliphatic rings. The number of phenolic OH excluding ortho intramolecular Hbond substituents is 1. The molecule has 0 aliphatic carbocycles. The van der Waals surface area contributed by atoms with Gasteiger partial charge in [-0.1, -0.05) is 23.8 Å². The summed E-state index contributed by atoms with van der Waals surface area (Å²) < 4.78 is 0. The quantitative estimate of drug-likeness (QED) is 0.629. The minimum atomic E-state index is -0.537. The van der Waals surface area contributed by atoms with E-state index in [2.05, 4.69) is 11.4 Å². The predicted molar refractivity (Wildman–Crippen MR) is 90.8 cm³/mol. The van der Waals surface area contributed by atoms with Crippen molar-refractivity contribution in [1.82, 2.24) is 5.32 Å². The van der Waals surface area contributed by atoms with Gasteiger partial charge >= 0.3 is 0 Å². The van der Waals surface area contributed by atoms with Crippen LogP contribution in [-0.4, -0.2) is 15.9 Å². The summed E-state index contributed by atoms with van der Waals surface area (Å²) in [5, 5.41) is 23.2. The number of non-ortho nitro benzene ring substituents is 1. The molecule has 0 heterocycles. The van der Waals surface area contributed by atoms with Crippen molar-refractivity contribution in [1.29, 1.82) is 0 Å². The summed E-state index contributed by atoms with van der Waals surface area (Å²) in [6.45, 7) is 4.09. The molecule has 2 rings (SSSR count). The number of nitro benzene ring substituents is 1. The molecule has 0 aromatic heterocycles. The molecule has 126 valence electrons. The summed E-state index contributed by atoms with van der Waals surface area (Å²) >= 11 is 0. The number of aryl methyl sites for hydroxylation is 3. The van der Waals surface area contributed by atoms with Crippen LogP contribution in [0.3, 0.4) is 0 Å². The highest BCUT2D eigenvalue weighted by atomic mass is 16.6. The van der Waals surface area contributed by atoms with Crippen LogP contribution in [0.5, 0.6) is 5.75 Å². The zero-order valence-corrected chi connectivity index (χ0v) is 13.7. The van der Waals surface area contributed by atoms with Crippen molar-refractivity contribution in [2.75, 3.05) is 0 Å². The molecule has 6 heteroatoms. The van der Waals surface area contributed by atoms with Crippen molar-refractivity contribution in [2.24, 2.45) is 0 Å². The summed E-state index contributed by atoms with van der Waals surface area (Å²) in [7, 11) is 0. The summed E-state index contributed by atoms with van der Waals surface area (Å²) in [5.74, 6) is -0.240. The van der Waals surface area contributed by atoms with E-state index < -0.39 is 4.92 Å². The van der Waals surface area contributed by atoms with Crippen LogP contribution in [0.15, 0.2) is 36.4 Å². The first kappa shape index (κ1) is 17.5. The van der Waals surface area contributed by atoms with Crippen LogP contribution in [0.4, 0.5) is 5.69 Å². The number of aromatic hydroxyl groups is 1. The SMILES string of the molecule is Cc1ccc(CCC(=O)NCc2cc([N+](=O)[O-])ccc2O)c(C)c1. The van der Waals surface area contributed by atoms with Gasteiger partial charge in [-0.05, 0) is 37.5 Å². The van der Waals surface area contributed by atoms with Gasteiger partial charge in [0.15, 0.2) is 0 Å². The molecule has 0 fully saturated rings. The van der Waals surface area contributed by atoms with E-state index in [0.717, 1.165) is 11.1 Å². The summed E-state index contributed by atoms with van der Waals surface area (Å²) in [6, 6.07) is 9.86. The number of nitrogens with zero attached hydrogens (tertiary/aromatic N) is 1. The molecule has 0 aliphatic heterocycles. The first-order valence-electron chi connectivity index (χ1n) is 7.66. The first-order chi connectivity index (χ1) is 11.4. The number of rotatable bonds is 6. The fourth-order valence-electron chi connectivity index (χ4n) is 2.48. The Morgan fingerprint density at radius 2 is 1.92 bits per heavy atom. The highest BCUT2D eigenvalue weighted by Crippen LogP contribution is 2.22. The number of carbonyl (C=O) groups is 1. The Morgan fingerprint density at radius 1 is 1.17 bits per heavy atom. The molecule has 1 amide bonds. The van der Waals surface area contributed by atoms with Gasteiger partial charge in [0, 0.05) is 30.7 Å². The number of phenols is 1. The average Bonchev–Trinajstić information content (AvgIpc) is 2.53. The molecule has 0 saturated carbocycles. The van der Waals surface area contributed by atoms with Crippen LogP contribution in [0.2, 0.25) is 0 Å². The van der Waals surface area contributed by atoms with E-state index in [0.29, 0.717) is 18.4 Å². The second-order valence-corrected chi connectivity index (χ2v) is 5.78. The number of carbonyl (C=O) groups excluding carboxylic acids is 1. The first-order valence-corrected chi connectivity index (χ1v) is 7.66. The average molecular weight is 328 g/mol. The lowest BCUT2D eigenvalue weighted by Gasteiger charge is -2.09. The molecular formula is C18H20N2O4. The van der Waals surface area contributed by atoms with Gasteiger partial charge in [-0.2, -0.15) is 0 Å². The van der Waals surface area contributed by atoms with Crippen LogP contribution in [0.1, 0.15) is 28.7 Å². The Balaban J connectivity index is 1.91. The Morgan fingerprint density at radius 3 is 2.58 bits per heavy atom. The van der Waals surface area contributed by atoms with E-state index in [1.807, 2.05) is 26.0 Å². The van der Waals surface area contributed by atoms with Gasteiger partial charge in [0.25, 0.3) is 5.69 Å². The molecule has 0 atom stereocenters. The molecule has 0 bridgehead atoms. The minimum Gasteiger partial charge on any atom is -0.508 e. The minimum absolute atomic E-state index is 0.0548. The fourth-order valence-corrected chi connectivity index (χ4v) is 2.48. The van der Waals surface area contributed by atoms with Gasteiger partial charge in [0.1, 0.15) is 5.75 Å². The van der Waals surface area contributed by atoms with Gasteiger partial charge in [-0.3, -0.25) is 14.9 Å². The Hall–Kier alpha value is -2.89. The van der Waals surface area contributed by atoms with Crippen molar-refractivity contribution in [3.05, 3.63) is 68.8 Å². The smallest absolute Gasteiger partial charge is 0.270 e. The third-order valence-electron chi connectivity index (χ3n) is 3.87. The number of nitrogens with one attached hydrogen (secondary N) is 1. The molecule has 0 saturated heterocycles. The van der Waals surface area contributed by atoms with Crippen LogP contribution >= 0.6 is 0 Å².